The molecule has 4 rings (SSSR count). The van der Waals surface area contributed by atoms with Crippen molar-refractivity contribution in [3.05, 3.63) is 70.0 Å². The second-order valence-corrected chi connectivity index (χ2v) is 7.15. The third kappa shape index (κ3) is 2.54. The molecule has 1 aromatic heterocycles. The minimum atomic E-state index is -0.360. The number of fused-ring (bicyclic) bond motifs is 1. The predicted octanol–water partition coefficient (Wildman–Crippen LogP) is 4.26. The maximum Gasteiger partial charge on any atom is 0.283 e. The number of amidine groups is 2. The third-order valence-electron chi connectivity index (χ3n) is 4.57. The fraction of sp³-hybridized carbons (Fsp3) is 0.150. The van der Waals surface area contributed by atoms with Crippen molar-refractivity contribution < 1.29 is 4.79 Å². The van der Waals surface area contributed by atoms with Crippen LogP contribution in [0.4, 0.5) is 0 Å². The molecule has 0 fully saturated rings. The summed E-state index contributed by atoms with van der Waals surface area (Å²) in [6.07, 6.45) is 1.78. The average molecular weight is 362 g/mol. The van der Waals surface area contributed by atoms with Gasteiger partial charge in [0.1, 0.15) is 5.84 Å². The summed E-state index contributed by atoms with van der Waals surface area (Å²) in [5.41, 5.74) is 5.33. The molecule has 130 valence electrons. The Kier molecular flexibility index (Phi) is 3.92. The molecular weight excluding hydrogens is 344 g/mol. The lowest BCUT2D eigenvalue weighted by Gasteiger charge is -2.25. The van der Waals surface area contributed by atoms with Crippen LogP contribution in [0.15, 0.2) is 58.1 Å². The number of rotatable bonds is 2. The number of aryl methyl sites for hydroxylation is 1. The van der Waals surface area contributed by atoms with Crippen molar-refractivity contribution in [3.63, 3.8) is 0 Å². The fourth-order valence-corrected chi connectivity index (χ4v) is 4.16. The van der Waals surface area contributed by atoms with Gasteiger partial charge in [0, 0.05) is 22.8 Å². The van der Waals surface area contributed by atoms with Crippen molar-refractivity contribution in [2.24, 2.45) is 4.99 Å². The first-order chi connectivity index (χ1) is 12.5. The van der Waals surface area contributed by atoms with E-state index in [9.17, 15) is 4.79 Å². The van der Waals surface area contributed by atoms with Crippen molar-refractivity contribution in [1.29, 1.82) is 5.41 Å². The average Bonchev–Trinajstić information content (AvgIpc) is 3.12. The van der Waals surface area contributed by atoms with Gasteiger partial charge in [-0.2, -0.15) is 4.99 Å². The number of hydrogen-bond donors (Lipinski definition) is 1. The predicted molar refractivity (Wildman–Crippen MR) is 107 cm³/mol. The van der Waals surface area contributed by atoms with Crippen molar-refractivity contribution in [2.75, 3.05) is 0 Å². The molecule has 0 aliphatic carbocycles. The summed E-state index contributed by atoms with van der Waals surface area (Å²) in [7, 11) is 0. The van der Waals surface area contributed by atoms with Crippen molar-refractivity contribution >= 4 is 34.7 Å². The summed E-state index contributed by atoms with van der Waals surface area (Å²) in [6.45, 7) is 5.98. The number of carbonyl (C=O) groups excluding carboxylic acids is 1. The van der Waals surface area contributed by atoms with Crippen LogP contribution in [-0.4, -0.2) is 26.4 Å². The topological polar surface area (TPSA) is 61.5 Å². The van der Waals surface area contributed by atoms with E-state index in [1.807, 2.05) is 50.4 Å². The number of thioether (sulfide) groups is 1. The number of carbonyl (C=O) groups is 1. The highest BCUT2D eigenvalue weighted by Gasteiger charge is 2.34. The standard InChI is InChI=1S/C20H18N4OS/c1-12-9-15(14(3)23(12)16-7-5-4-6-8-16)10-17-18(21)24-13(2)11-26-20(24)22-19(17)25/h4-11,21H,1-3H3. The lowest BCUT2D eigenvalue weighted by atomic mass is 10.1. The van der Waals surface area contributed by atoms with E-state index < -0.39 is 0 Å². The van der Waals surface area contributed by atoms with Gasteiger partial charge in [0.2, 0.25) is 0 Å². The van der Waals surface area contributed by atoms with Gasteiger partial charge in [-0.05, 0) is 56.0 Å². The molecule has 1 aromatic carbocycles. The first-order valence-corrected chi connectivity index (χ1v) is 9.17. The lowest BCUT2D eigenvalue weighted by Crippen LogP contribution is -2.37. The Morgan fingerprint density at radius 3 is 2.62 bits per heavy atom. The molecule has 1 N–H and O–H groups in total. The fourth-order valence-electron chi connectivity index (χ4n) is 3.31. The molecule has 6 heteroatoms. The summed E-state index contributed by atoms with van der Waals surface area (Å²) in [6, 6.07) is 12.1. The van der Waals surface area contributed by atoms with Gasteiger partial charge in [0.15, 0.2) is 5.17 Å². The van der Waals surface area contributed by atoms with E-state index >= 15 is 0 Å². The van der Waals surface area contributed by atoms with Gasteiger partial charge < -0.3 is 4.57 Å². The van der Waals surface area contributed by atoms with Crippen molar-refractivity contribution in [2.45, 2.75) is 20.8 Å². The number of aromatic nitrogens is 1. The highest BCUT2D eigenvalue weighted by molar-refractivity contribution is 8.16. The quantitative estimate of drug-likeness (QED) is 0.812. The monoisotopic (exact) mass is 362 g/mol. The van der Waals surface area contributed by atoms with E-state index in [2.05, 4.69) is 21.7 Å². The summed E-state index contributed by atoms with van der Waals surface area (Å²) in [5.74, 6) is -0.176. The van der Waals surface area contributed by atoms with E-state index in [-0.39, 0.29) is 11.7 Å². The summed E-state index contributed by atoms with van der Waals surface area (Å²) >= 11 is 1.38. The number of hydrogen-bond acceptors (Lipinski definition) is 3. The Labute approximate surface area is 156 Å². The van der Waals surface area contributed by atoms with Gasteiger partial charge in [0.25, 0.3) is 5.91 Å². The zero-order valence-electron chi connectivity index (χ0n) is 14.8. The molecule has 0 saturated carbocycles. The van der Waals surface area contributed by atoms with Crippen LogP contribution in [0.25, 0.3) is 11.8 Å². The molecule has 2 aromatic rings. The molecule has 0 bridgehead atoms. The molecule has 1 amide bonds. The second-order valence-electron chi connectivity index (χ2n) is 6.32. The Morgan fingerprint density at radius 1 is 1.15 bits per heavy atom. The van der Waals surface area contributed by atoms with E-state index in [1.165, 1.54) is 11.8 Å². The first kappa shape index (κ1) is 16.6. The Hall–Kier alpha value is -2.86. The molecule has 26 heavy (non-hydrogen) atoms. The van der Waals surface area contributed by atoms with Gasteiger partial charge in [-0.25, -0.2) is 0 Å². The van der Waals surface area contributed by atoms with Crippen LogP contribution < -0.4 is 0 Å². The number of nitrogens with one attached hydrogen (secondary N) is 1. The van der Waals surface area contributed by atoms with Crippen molar-refractivity contribution in [1.82, 2.24) is 9.47 Å². The van der Waals surface area contributed by atoms with Gasteiger partial charge in [-0.15, -0.1) is 0 Å². The number of amides is 1. The summed E-state index contributed by atoms with van der Waals surface area (Å²) in [4.78, 5) is 18.3. The van der Waals surface area contributed by atoms with E-state index in [1.54, 1.807) is 11.0 Å². The van der Waals surface area contributed by atoms with Crippen LogP contribution >= 0.6 is 11.8 Å². The second kappa shape index (κ2) is 6.14. The largest absolute Gasteiger partial charge is 0.318 e. The SMILES string of the molecule is CC1=CSC2=NC(=O)C(=Cc3cc(C)n(-c4ccccc4)c3C)C(=N)N12. The minimum absolute atomic E-state index is 0.184. The van der Waals surface area contributed by atoms with E-state index in [0.29, 0.717) is 10.7 Å². The number of allylic oxidation sites excluding steroid dienone is 1. The van der Waals surface area contributed by atoms with E-state index in [4.69, 9.17) is 5.41 Å². The van der Waals surface area contributed by atoms with E-state index in [0.717, 1.165) is 28.3 Å². The van der Waals surface area contributed by atoms with Crippen molar-refractivity contribution in [3.8, 4) is 5.69 Å². The highest BCUT2D eigenvalue weighted by atomic mass is 32.2. The third-order valence-corrected chi connectivity index (χ3v) is 5.51. The van der Waals surface area contributed by atoms with Gasteiger partial charge in [-0.1, -0.05) is 30.0 Å². The normalized spacial score (nSPS) is 18.3. The maximum atomic E-state index is 12.5. The molecule has 0 saturated heterocycles. The van der Waals surface area contributed by atoms with Crippen LogP contribution in [0.5, 0.6) is 0 Å². The van der Waals surface area contributed by atoms with Gasteiger partial charge in [0.05, 0.1) is 5.57 Å². The van der Waals surface area contributed by atoms with Crippen LogP contribution in [0.3, 0.4) is 0 Å². The molecule has 3 heterocycles. The van der Waals surface area contributed by atoms with Crippen LogP contribution in [0.1, 0.15) is 23.9 Å². The number of para-hydroxylation sites is 1. The molecule has 2 aliphatic heterocycles. The lowest BCUT2D eigenvalue weighted by molar-refractivity contribution is -0.114. The number of benzene rings is 1. The highest BCUT2D eigenvalue weighted by Crippen LogP contribution is 2.32. The molecular formula is C20H18N4OS. The summed E-state index contributed by atoms with van der Waals surface area (Å²) < 4.78 is 2.15. The Balaban J connectivity index is 1.79. The smallest absolute Gasteiger partial charge is 0.283 e. The van der Waals surface area contributed by atoms with Crippen LogP contribution in [0, 0.1) is 19.3 Å². The zero-order valence-corrected chi connectivity index (χ0v) is 15.6. The first-order valence-electron chi connectivity index (χ1n) is 8.29. The summed E-state index contributed by atoms with van der Waals surface area (Å²) in [5, 5.41) is 10.9. The molecule has 5 nitrogen and oxygen atoms in total. The number of aliphatic imine (C=N–C) groups is 1. The van der Waals surface area contributed by atoms with Gasteiger partial charge >= 0.3 is 0 Å². The van der Waals surface area contributed by atoms with Gasteiger partial charge in [-0.3, -0.25) is 15.1 Å². The minimum Gasteiger partial charge on any atom is -0.318 e. The maximum absolute atomic E-state index is 12.5. The Bertz CT molecular complexity index is 1030. The molecule has 2 aliphatic rings. The molecule has 0 atom stereocenters. The zero-order chi connectivity index (χ0) is 18.4. The molecule has 0 radical (unpaired) electrons. The van der Waals surface area contributed by atoms with Crippen LogP contribution in [0.2, 0.25) is 0 Å². The Morgan fingerprint density at radius 2 is 1.88 bits per heavy atom. The molecule has 0 unspecified atom stereocenters. The number of nitrogens with zero attached hydrogens (tertiary/aromatic N) is 3. The molecule has 0 spiro atoms. The van der Waals surface area contributed by atoms with Crippen LogP contribution in [-0.2, 0) is 4.79 Å².